The first kappa shape index (κ1) is 14.1. The highest BCUT2D eigenvalue weighted by Gasteiger charge is 2.06. The van der Waals surface area contributed by atoms with E-state index in [2.05, 4.69) is 70.3 Å². The van der Waals surface area contributed by atoms with Crippen molar-refractivity contribution in [2.75, 3.05) is 5.32 Å². The van der Waals surface area contributed by atoms with E-state index >= 15 is 0 Å². The molecule has 2 rings (SSSR count). The van der Waals surface area contributed by atoms with Gasteiger partial charge in [-0.2, -0.15) is 5.10 Å². The summed E-state index contributed by atoms with van der Waals surface area (Å²) in [5.41, 5.74) is 2.31. The van der Waals surface area contributed by atoms with Crippen LogP contribution in [0.1, 0.15) is 25.2 Å². The van der Waals surface area contributed by atoms with E-state index in [1.54, 1.807) is 6.33 Å². The van der Waals surface area contributed by atoms with Crippen LogP contribution in [0.25, 0.3) is 0 Å². The Hall–Kier alpha value is -1.36. The molecule has 0 atom stereocenters. The maximum Gasteiger partial charge on any atom is 0.146 e. The number of rotatable bonds is 5. The summed E-state index contributed by atoms with van der Waals surface area (Å²) >= 11 is 3.51. The quantitative estimate of drug-likeness (QED) is 0.914. The minimum Gasteiger partial charge on any atom is -0.378 e. The minimum atomic E-state index is 0.563. The molecule has 1 aromatic carbocycles. The van der Waals surface area contributed by atoms with Crippen LogP contribution >= 0.6 is 15.9 Å². The summed E-state index contributed by atoms with van der Waals surface area (Å²) < 4.78 is 3.04. The molecule has 1 aromatic heterocycles. The molecule has 4 nitrogen and oxygen atoms in total. The Kier molecular flexibility index (Phi) is 4.58. The van der Waals surface area contributed by atoms with Crippen molar-refractivity contribution in [1.82, 2.24) is 14.8 Å². The highest BCUT2D eigenvalue weighted by Crippen LogP contribution is 2.19. The van der Waals surface area contributed by atoms with Crippen LogP contribution in [0, 0.1) is 12.8 Å². The number of halogens is 1. The standard InChI is InChI=1S/C14H19BrN4/c1-10(2)8-19-14(17-9-18-19)7-16-13-5-11(3)4-12(15)6-13/h4-6,9-10,16H,7-8H2,1-3H3. The molecule has 0 aliphatic heterocycles. The monoisotopic (exact) mass is 322 g/mol. The summed E-state index contributed by atoms with van der Waals surface area (Å²) in [6, 6.07) is 6.27. The van der Waals surface area contributed by atoms with Gasteiger partial charge in [0.25, 0.3) is 0 Å². The summed E-state index contributed by atoms with van der Waals surface area (Å²) in [5, 5.41) is 7.65. The predicted octanol–water partition coefficient (Wildman–Crippen LogP) is 3.62. The maximum atomic E-state index is 4.31. The molecule has 1 heterocycles. The second-order valence-corrected chi connectivity index (χ2v) is 6.04. The lowest BCUT2D eigenvalue weighted by Gasteiger charge is -2.10. The Morgan fingerprint density at radius 3 is 2.79 bits per heavy atom. The van der Waals surface area contributed by atoms with Crippen LogP contribution in [0.3, 0.4) is 0 Å². The number of anilines is 1. The molecule has 0 radical (unpaired) electrons. The molecule has 0 bridgehead atoms. The molecule has 2 aromatic rings. The molecule has 0 saturated carbocycles. The normalized spacial score (nSPS) is 11.0. The van der Waals surface area contributed by atoms with Gasteiger partial charge in [0, 0.05) is 16.7 Å². The van der Waals surface area contributed by atoms with Crippen molar-refractivity contribution in [3.05, 3.63) is 40.4 Å². The van der Waals surface area contributed by atoms with E-state index < -0.39 is 0 Å². The van der Waals surface area contributed by atoms with Gasteiger partial charge in [-0.1, -0.05) is 29.8 Å². The van der Waals surface area contributed by atoms with Crippen LogP contribution in [-0.2, 0) is 13.1 Å². The fourth-order valence-electron chi connectivity index (χ4n) is 1.94. The Bertz CT molecular complexity index is 528. The van der Waals surface area contributed by atoms with Crippen LogP contribution in [-0.4, -0.2) is 14.8 Å². The Morgan fingerprint density at radius 2 is 2.11 bits per heavy atom. The average molecular weight is 323 g/mol. The molecule has 102 valence electrons. The highest BCUT2D eigenvalue weighted by atomic mass is 79.9. The van der Waals surface area contributed by atoms with Gasteiger partial charge in [0.15, 0.2) is 0 Å². The van der Waals surface area contributed by atoms with Crippen molar-refractivity contribution in [3.63, 3.8) is 0 Å². The lowest BCUT2D eigenvalue weighted by Crippen LogP contribution is -2.13. The zero-order valence-corrected chi connectivity index (χ0v) is 13.1. The summed E-state index contributed by atoms with van der Waals surface area (Å²) in [7, 11) is 0. The van der Waals surface area contributed by atoms with Gasteiger partial charge < -0.3 is 5.32 Å². The molecule has 5 heteroatoms. The second kappa shape index (κ2) is 6.19. The fourth-order valence-corrected chi connectivity index (χ4v) is 2.55. The number of aryl methyl sites for hydroxylation is 1. The SMILES string of the molecule is Cc1cc(Br)cc(NCc2ncnn2CC(C)C)c1. The summed E-state index contributed by atoms with van der Waals surface area (Å²) in [5.74, 6) is 1.53. The molecule has 0 spiro atoms. The van der Waals surface area contributed by atoms with Crippen LogP contribution in [0.5, 0.6) is 0 Å². The molecular weight excluding hydrogens is 304 g/mol. The van der Waals surface area contributed by atoms with Gasteiger partial charge in [0.05, 0.1) is 6.54 Å². The van der Waals surface area contributed by atoms with E-state index in [0.717, 1.165) is 22.5 Å². The number of hydrogen-bond donors (Lipinski definition) is 1. The predicted molar refractivity (Wildman–Crippen MR) is 81.1 cm³/mol. The fraction of sp³-hybridized carbons (Fsp3) is 0.429. The topological polar surface area (TPSA) is 42.7 Å². The van der Waals surface area contributed by atoms with Gasteiger partial charge in [-0.15, -0.1) is 0 Å². The minimum absolute atomic E-state index is 0.563. The third-order valence-corrected chi connectivity index (χ3v) is 3.18. The van der Waals surface area contributed by atoms with Gasteiger partial charge in [-0.05, 0) is 36.6 Å². The zero-order valence-electron chi connectivity index (χ0n) is 11.5. The lowest BCUT2D eigenvalue weighted by atomic mass is 10.2. The van der Waals surface area contributed by atoms with E-state index in [1.807, 2.05) is 4.68 Å². The van der Waals surface area contributed by atoms with E-state index in [-0.39, 0.29) is 0 Å². The molecule has 1 N–H and O–H groups in total. The summed E-state index contributed by atoms with van der Waals surface area (Å²) in [6.07, 6.45) is 1.62. The molecule has 0 fully saturated rings. The first-order valence-corrected chi connectivity index (χ1v) is 7.21. The number of benzene rings is 1. The third kappa shape index (κ3) is 4.06. The van der Waals surface area contributed by atoms with E-state index in [1.165, 1.54) is 5.56 Å². The van der Waals surface area contributed by atoms with Gasteiger partial charge in [0.1, 0.15) is 12.2 Å². The van der Waals surface area contributed by atoms with Gasteiger partial charge in [0.2, 0.25) is 0 Å². The van der Waals surface area contributed by atoms with Crippen molar-refractivity contribution in [2.45, 2.75) is 33.9 Å². The van der Waals surface area contributed by atoms with E-state index in [4.69, 9.17) is 0 Å². The number of aromatic nitrogens is 3. The van der Waals surface area contributed by atoms with Crippen molar-refractivity contribution in [2.24, 2.45) is 5.92 Å². The average Bonchev–Trinajstić information content (AvgIpc) is 2.71. The third-order valence-electron chi connectivity index (χ3n) is 2.73. The van der Waals surface area contributed by atoms with Crippen LogP contribution < -0.4 is 5.32 Å². The lowest BCUT2D eigenvalue weighted by molar-refractivity contribution is 0.468. The van der Waals surface area contributed by atoms with E-state index in [9.17, 15) is 0 Å². The van der Waals surface area contributed by atoms with E-state index in [0.29, 0.717) is 12.5 Å². The van der Waals surface area contributed by atoms with Crippen LogP contribution in [0.15, 0.2) is 29.0 Å². The summed E-state index contributed by atoms with van der Waals surface area (Å²) in [4.78, 5) is 4.31. The zero-order chi connectivity index (χ0) is 13.8. The van der Waals surface area contributed by atoms with Gasteiger partial charge in [-0.25, -0.2) is 9.67 Å². The van der Waals surface area contributed by atoms with Crippen LogP contribution in [0.2, 0.25) is 0 Å². The molecule has 0 saturated heterocycles. The number of nitrogens with one attached hydrogen (secondary N) is 1. The molecule has 19 heavy (non-hydrogen) atoms. The van der Waals surface area contributed by atoms with Crippen LogP contribution in [0.4, 0.5) is 5.69 Å². The first-order chi connectivity index (χ1) is 9.04. The van der Waals surface area contributed by atoms with Gasteiger partial charge >= 0.3 is 0 Å². The largest absolute Gasteiger partial charge is 0.378 e. The number of nitrogens with zero attached hydrogens (tertiary/aromatic N) is 3. The molecular formula is C14H19BrN4. The molecule has 0 unspecified atom stereocenters. The number of hydrogen-bond acceptors (Lipinski definition) is 3. The summed E-state index contributed by atoms with van der Waals surface area (Å²) in [6.45, 7) is 8.02. The second-order valence-electron chi connectivity index (χ2n) is 5.12. The Balaban J connectivity index is 2.04. The van der Waals surface area contributed by atoms with Crippen molar-refractivity contribution in [1.29, 1.82) is 0 Å². The molecule has 0 aliphatic carbocycles. The van der Waals surface area contributed by atoms with Crippen molar-refractivity contribution >= 4 is 21.6 Å². The van der Waals surface area contributed by atoms with Crippen molar-refractivity contribution in [3.8, 4) is 0 Å². The van der Waals surface area contributed by atoms with Crippen molar-refractivity contribution < 1.29 is 0 Å². The van der Waals surface area contributed by atoms with Gasteiger partial charge in [-0.3, -0.25) is 0 Å². The Labute approximate surface area is 122 Å². The first-order valence-electron chi connectivity index (χ1n) is 6.42. The molecule has 0 amide bonds. The smallest absolute Gasteiger partial charge is 0.146 e. The Morgan fingerprint density at radius 1 is 1.32 bits per heavy atom. The maximum absolute atomic E-state index is 4.31. The molecule has 0 aliphatic rings. The highest BCUT2D eigenvalue weighted by molar-refractivity contribution is 9.10.